The topological polar surface area (TPSA) is 3.24 Å². The van der Waals surface area contributed by atoms with Crippen LogP contribution in [-0.2, 0) is 0 Å². The molecule has 0 amide bonds. The van der Waals surface area contributed by atoms with Gasteiger partial charge < -0.3 is 4.90 Å². The maximum atomic E-state index is 2.35. The summed E-state index contributed by atoms with van der Waals surface area (Å²) >= 11 is 0. The monoisotopic (exact) mass is 177 g/mol. The van der Waals surface area contributed by atoms with Gasteiger partial charge >= 0.3 is 0 Å². The molecule has 10 heavy (non-hydrogen) atoms. The smallest absolute Gasteiger partial charge is 0.0312 e. The van der Waals surface area contributed by atoms with E-state index in [1.54, 1.807) is 0 Å². The Morgan fingerprint density at radius 2 is 2.20 bits per heavy atom. The molecule has 1 saturated heterocycles. The fourth-order valence-electron chi connectivity index (χ4n) is 1.01. The van der Waals surface area contributed by atoms with Crippen LogP contribution in [0.1, 0.15) is 6.92 Å². The van der Waals surface area contributed by atoms with Crippen LogP contribution in [0, 0.1) is 5.92 Å². The Bertz CT molecular complexity index is 106. The highest BCUT2D eigenvalue weighted by Gasteiger charge is 2.24. The number of hydrogen-bond acceptors (Lipinski definition) is 3. The van der Waals surface area contributed by atoms with Gasteiger partial charge in [-0.05, 0) is 20.0 Å². The molecule has 0 aromatic carbocycles. The van der Waals surface area contributed by atoms with Crippen LogP contribution in [0.2, 0.25) is 0 Å². The fourth-order valence-corrected chi connectivity index (χ4v) is 4.63. The molecule has 2 unspecified atom stereocenters. The van der Waals surface area contributed by atoms with Crippen molar-refractivity contribution in [1.29, 1.82) is 0 Å². The van der Waals surface area contributed by atoms with Crippen LogP contribution < -0.4 is 0 Å². The second-order valence-corrected chi connectivity index (χ2v) is 5.81. The summed E-state index contributed by atoms with van der Waals surface area (Å²) in [5, 5.41) is 0.861. The molecule has 0 radical (unpaired) electrons. The zero-order valence-corrected chi connectivity index (χ0v) is 8.47. The van der Waals surface area contributed by atoms with Gasteiger partial charge in [0.25, 0.3) is 0 Å². The molecule has 0 saturated carbocycles. The Kier molecular flexibility index (Phi) is 3.40. The molecule has 0 aliphatic carbocycles. The summed E-state index contributed by atoms with van der Waals surface area (Å²) in [6, 6.07) is 0. The first kappa shape index (κ1) is 8.75. The average molecular weight is 177 g/mol. The lowest BCUT2D eigenvalue weighted by molar-refractivity contribution is 0.382. The molecule has 1 aliphatic rings. The number of hydrogen-bond donors (Lipinski definition) is 0. The molecular weight excluding hydrogens is 162 g/mol. The molecule has 0 bridgehead atoms. The molecule has 0 N–H and O–H groups in total. The quantitative estimate of drug-likeness (QED) is 0.594. The molecule has 1 fully saturated rings. The van der Waals surface area contributed by atoms with Gasteiger partial charge in [-0.3, -0.25) is 0 Å². The summed E-state index contributed by atoms with van der Waals surface area (Å²) in [4.78, 5) is 2.28. The van der Waals surface area contributed by atoms with Crippen molar-refractivity contribution in [3.8, 4) is 0 Å². The van der Waals surface area contributed by atoms with E-state index in [0.717, 1.165) is 11.2 Å². The highest BCUT2D eigenvalue weighted by atomic mass is 33.1. The second-order valence-electron chi connectivity index (χ2n) is 3.16. The van der Waals surface area contributed by atoms with E-state index < -0.39 is 0 Å². The van der Waals surface area contributed by atoms with E-state index in [2.05, 4.69) is 36.7 Å². The van der Waals surface area contributed by atoms with Gasteiger partial charge in [0.15, 0.2) is 0 Å². The van der Waals surface area contributed by atoms with Crippen molar-refractivity contribution in [1.82, 2.24) is 4.90 Å². The molecule has 0 aromatic heterocycles. The van der Waals surface area contributed by atoms with Crippen molar-refractivity contribution in [2.45, 2.75) is 12.2 Å². The van der Waals surface area contributed by atoms with Crippen LogP contribution in [0.15, 0.2) is 0 Å². The summed E-state index contributed by atoms with van der Waals surface area (Å²) in [6.07, 6.45) is 0. The minimum atomic E-state index is 0.861. The lowest BCUT2D eigenvalue weighted by Crippen LogP contribution is -2.26. The molecule has 0 spiro atoms. The fraction of sp³-hybridized carbons (Fsp3) is 1.00. The van der Waals surface area contributed by atoms with Crippen LogP contribution in [0.5, 0.6) is 0 Å². The number of nitrogens with zero attached hydrogens (tertiary/aromatic N) is 1. The summed E-state index contributed by atoms with van der Waals surface area (Å²) in [5.74, 6) is 2.24. The van der Waals surface area contributed by atoms with Crippen molar-refractivity contribution in [3.63, 3.8) is 0 Å². The molecule has 1 aliphatic heterocycles. The van der Waals surface area contributed by atoms with Crippen LogP contribution in [0.4, 0.5) is 0 Å². The van der Waals surface area contributed by atoms with Crippen LogP contribution in [0.25, 0.3) is 0 Å². The zero-order chi connectivity index (χ0) is 7.56. The molecule has 1 heterocycles. The van der Waals surface area contributed by atoms with Gasteiger partial charge in [-0.15, -0.1) is 0 Å². The predicted molar refractivity (Wildman–Crippen MR) is 51.6 cm³/mol. The Labute approximate surface area is 71.3 Å². The molecule has 1 nitrogen and oxygen atoms in total. The Morgan fingerprint density at radius 3 is 2.60 bits per heavy atom. The van der Waals surface area contributed by atoms with Crippen LogP contribution in [-0.4, -0.2) is 36.5 Å². The molecular formula is C7H15NS2. The van der Waals surface area contributed by atoms with Crippen molar-refractivity contribution >= 4 is 21.6 Å². The van der Waals surface area contributed by atoms with E-state index in [1.807, 2.05) is 10.8 Å². The van der Waals surface area contributed by atoms with Gasteiger partial charge in [0.1, 0.15) is 0 Å². The minimum Gasteiger partial charge on any atom is -0.308 e. The summed E-state index contributed by atoms with van der Waals surface area (Å²) in [5.41, 5.74) is 0. The average Bonchev–Trinajstić information content (AvgIpc) is 2.15. The molecule has 3 heteroatoms. The van der Waals surface area contributed by atoms with Gasteiger partial charge in [-0.25, -0.2) is 0 Å². The molecule has 0 aromatic rings. The largest absolute Gasteiger partial charge is 0.308 e. The highest BCUT2D eigenvalue weighted by molar-refractivity contribution is 8.77. The van der Waals surface area contributed by atoms with Crippen molar-refractivity contribution in [2.24, 2.45) is 5.92 Å². The third-order valence-corrected chi connectivity index (χ3v) is 4.92. The molecule has 1 rings (SSSR count). The first-order valence-electron chi connectivity index (χ1n) is 3.63. The molecule has 60 valence electrons. The highest BCUT2D eigenvalue weighted by Crippen LogP contribution is 2.41. The maximum Gasteiger partial charge on any atom is 0.0312 e. The number of rotatable bonds is 2. The van der Waals surface area contributed by atoms with Crippen molar-refractivity contribution in [3.05, 3.63) is 0 Å². The Hall–Kier alpha value is 0.660. The van der Waals surface area contributed by atoms with Crippen LogP contribution >= 0.6 is 21.6 Å². The van der Waals surface area contributed by atoms with Crippen molar-refractivity contribution in [2.75, 3.05) is 26.4 Å². The van der Waals surface area contributed by atoms with Gasteiger partial charge in [-0.1, -0.05) is 28.5 Å². The van der Waals surface area contributed by atoms with E-state index in [0.29, 0.717) is 0 Å². The van der Waals surface area contributed by atoms with Gasteiger partial charge in [0, 0.05) is 17.5 Å². The van der Waals surface area contributed by atoms with Gasteiger partial charge in [-0.2, -0.15) is 0 Å². The SMILES string of the molecule is CC1CSSC1CN(C)C. The second kappa shape index (κ2) is 3.88. The minimum absolute atomic E-state index is 0.861. The van der Waals surface area contributed by atoms with Crippen LogP contribution in [0.3, 0.4) is 0 Å². The lowest BCUT2D eigenvalue weighted by Gasteiger charge is -2.17. The third kappa shape index (κ3) is 2.36. The summed E-state index contributed by atoms with van der Waals surface area (Å²) in [7, 11) is 8.37. The van der Waals surface area contributed by atoms with E-state index in [-0.39, 0.29) is 0 Å². The van der Waals surface area contributed by atoms with Gasteiger partial charge in [0.05, 0.1) is 0 Å². The van der Waals surface area contributed by atoms with E-state index in [4.69, 9.17) is 0 Å². The predicted octanol–water partition coefficient (Wildman–Crippen LogP) is 1.95. The third-order valence-electron chi connectivity index (χ3n) is 1.70. The van der Waals surface area contributed by atoms with E-state index >= 15 is 0 Å². The Morgan fingerprint density at radius 1 is 1.50 bits per heavy atom. The Balaban J connectivity index is 2.26. The normalized spacial score (nSPS) is 33.6. The lowest BCUT2D eigenvalue weighted by atomic mass is 10.1. The van der Waals surface area contributed by atoms with E-state index in [9.17, 15) is 0 Å². The van der Waals surface area contributed by atoms with Crippen molar-refractivity contribution < 1.29 is 0 Å². The van der Waals surface area contributed by atoms with Gasteiger partial charge in [0.2, 0.25) is 0 Å². The standard InChI is InChI=1S/C7H15NS2/c1-6-5-9-10-7(6)4-8(2)3/h6-7H,4-5H2,1-3H3. The first-order chi connectivity index (χ1) is 4.70. The summed E-state index contributed by atoms with van der Waals surface area (Å²) < 4.78 is 0. The first-order valence-corrected chi connectivity index (χ1v) is 6.01. The molecule has 2 atom stereocenters. The van der Waals surface area contributed by atoms with E-state index in [1.165, 1.54) is 12.3 Å². The maximum absolute atomic E-state index is 2.35. The zero-order valence-electron chi connectivity index (χ0n) is 6.83. The summed E-state index contributed by atoms with van der Waals surface area (Å²) in [6.45, 7) is 3.58.